The first-order valence-corrected chi connectivity index (χ1v) is 6.24. The van der Waals surface area contributed by atoms with E-state index in [9.17, 15) is 9.18 Å². The Kier molecular flexibility index (Phi) is 4.47. The van der Waals surface area contributed by atoms with E-state index in [0.29, 0.717) is 30.3 Å². The molecule has 1 aromatic carbocycles. The summed E-state index contributed by atoms with van der Waals surface area (Å²) in [5.74, 6) is -0.840. The lowest BCUT2D eigenvalue weighted by Crippen LogP contribution is -2.26. The maximum Gasteiger partial charge on any atom is 0.270 e. The number of methoxy groups -OCH3 is 1. The molecule has 0 aliphatic carbocycles. The minimum absolute atomic E-state index is 0.172. The largest absolute Gasteiger partial charge is 0.398 e. The van der Waals surface area contributed by atoms with Crippen LogP contribution in [0.2, 0.25) is 0 Å². The molecule has 0 fully saturated rings. The summed E-state index contributed by atoms with van der Waals surface area (Å²) in [6, 6.07) is 4.15. The van der Waals surface area contributed by atoms with Gasteiger partial charge in [-0.1, -0.05) is 0 Å². The van der Waals surface area contributed by atoms with Crippen LogP contribution in [0.3, 0.4) is 0 Å². The number of pyridine rings is 1. The van der Waals surface area contributed by atoms with Gasteiger partial charge in [-0.25, -0.2) is 4.39 Å². The quantitative estimate of drug-likeness (QED) is 0.644. The van der Waals surface area contributed by atoms with Crippen LogP contribution in [0, 0.1) is 5.82 Å². The predicted octanol–water partition coefficient (Wildman–Crippen LogP) is 1.72. The van der Waals surface area contributed by atoms with Crippen molar-refractivity contribution in [2.45, 2.75) is 6.42 Å². The molecule has 2 aromatic rings. The highest BCUT2D eigenvalue weighted by molar-refractivity contribution is 6.07. The molecule has 1 heterocycles. The summed E-state index contributed by atoms with van der Waals surface area (Å²) in [6.07, 6.45) is 2.18. The highest BCUT2D eigenvalue weighted by atomic mass is 19.1. The van der Waals surface area contributed by atoms with Crippen molar-refractivity contribution in [1.82, 2.24) is 10.3 Å². The highest BCUT2D eigenvalue weighted by Crippen LogP contribution is 2.24. The third-order valence-corrected chi connectivity index (χ3v) is 2.90. The van der Waals surface area contributed by atoms with E-state index >= 15 is 0 Å². The molecule has 3 N–H and O–H groups in total. The minimum Gasteiger partial charge on any atom is -0.398 e. The van der Waals surface area contributed by atoms with Gasteiger partial charge in [-0.3, -0.25) is 9.78 Å². The van der Waals surface area contributed by atoms with Gasteiger partial charge in [0.05, 0.1) is 0 Å². The fourth-order valence-corrected chi connectivity index (χ4v) is 1.96. The summed E-state index contributed by atoms with van der Waals surface area (Å²) >= 11 is 0. The topological polar surface area (TPSA) is 77.2 Å². The van der Waals surface area contributed by atoms with Crippen LogP contribution in [0.4, 0.5) is 10.1 Å². The number of nitrogens with one attached hydrogen (secondary N) is 1. The van der Waals surface area contributed by atoms with Crippen molar-refractivity contribution < 1.29 is 13.9 Å². The van der Waals surface area contributed by atoms with E-state index in [-0.39, 0.29) is 17.3 Å². The zero-order valence-corrected chi connectivity index (χ0v) is 11.1. The summed E-state index contributed by atoms with van der Waals surface area (Å²) in [4.78, 5) is 16.1. The molecular formula is C14H16FN3O2. The Morgan fingerprint density at radius 2 is 2.25 bits per heavy atom. The molecule has 0 saturated carbocycles. The zero-order valence-electron chi connectivity index (χ0n) is 11.1. The number of anilines is 1. The molecule has 0 atom stereocenters. The lowest BCUT2D eigenvalue weighted by Gasteiger charge is -2.08. The molecule has 0 saturated heterocycles. The van der Waals surface area contributed by atoms with Gasteiger partial charge < -0.3 is 15.8 Å². The molecule has 1 aromatic heterocycles. The second-order valence-corrected chi connectivity index (χ2v) is 4.35. The Bertz CT molecular complexity index is 631. The van der Waals surface area contributed by atoms with E-state index in [1.54, 1.807) is 13.2 Å². The van der Waals surface area contributed by atoms with E-state index in [4.69, 9.17) is 10.5 Å². The molecule has 0 aliphatic rings. The number of nitrogen functional groups attached to an aromatic ring is 1. The van der Waals surface area contributed by atoms with Crippen molar-refractivity contribution in [1.29, 1.82) is 0 Å². The third-order valence-electron chi connectivity index (χ3n) is 2.90. The van der Waals surface area contributed by atoms with E-state index in [1.807, 2.05) is 0 Å². The third kappa shape index (κ3) is 3.03. The number of carbonyl (C=O) groups is 1. The molecule has 0 aliphatic heterocycles. The van der Waals surface area contributed by atoms with Crippen LogP contribution in [-0.2, 0) is 4.74 Å². The van der Waals surface area contributed by atoms with Gasteiger partial charge in [0, 0.05) is 42.9 Å². The summed E-state index contributed by atoms with van der Waals surface area (Å²) in [5, 5.41) is 3.75. The fraction of sp³-hybridized carbons (Fsp3) is 0.286. The number of amides is 1. The van der Waals surface area contributed by atoms with Crippen molar-refractivity contribution in [2.24, 2.45) is 0 Å². The normalized spacial score (nSPS) is 10.7. The molecule has 1 amide bonds. The second-order valence-electron chi connectivity index (χ2n) is 4.35. The predicted molar refractivity (Wildman–Crippen MR) is 74.9 cm³/mol. The van der Waals surface area contributed by atoms with Crippen LogP contribution in [0.1, 0.15) is 16.9 Å². The number of nitrogens with two attached hydrogens (primary N) is 1. The number of benzene rings is 1. The number of hydrogen-bond acceptors (Lipinski definition) is 4. The molecule has 0 spiro atoms. The summed E-state index contributed by atoms with van der Waals surface area (Å²) in [6.45, 7) is 1.03. The maximum absolute atomic E-state index is 13.4. The van der Waals surface area contributed by atoms with Crippen molar-refractivity contribution in [2.75, 3.05) is 26.0 Å². The van der Waals surface area contributed by atoms with E-state index in [1.165, 1.54) is 18.3 Å². The molecule has 106 valence electrons. The Hall–Kier alpha value is -2.21. The summed E-state index contributed by atoms with van der Waals surface area (Å²) < 4.78 is 18.3. The first-order chi connectivity index (χ1) is 9.63. The standard InChI is InChI=1S/C14H16FN3O2/c1-20-6-2-4-18-14(19)13-11-7-9(15)8-12(16)10(11)3-5-17-13/h3,5,7-8H,2,4,6,16H2,1H3,(H,18,19). The van der Waals surface area contributed by atoms with Gasteiger partial charge in [0.2, 0.25) is 0 Å². The molecule has 0 unspecified atom stereocenters. The van der Waals surface area contributed by atoms with Gasteiger partial charge in [-0.2, -0.15) is 0 Å². The van der Waals surface area contributed by atoms with Crippen LogP contribution < -0.4 is 11.1 Å². The maximum atomic E-state index is 13.4. The number of halogens is 1. The first kappa shape index (κ1) is 14.2. The minimum atomic E-state index is -0.489. The smallest absolute Gasteiger partial charge is 0.270 e. The van der Waals surface area contributed by atoms with Gasteiger partial charge in [0.15, 0.2) is 0 Å². The van der Waals surface area contributed by atoms with Gasteiger partial charge in [-0.15, -0.1) is 0 Å². The van der Waals surface area contributed by atoms with Gasteiger partial charge in [0.1, 0.15) is 11.5 Å². The van der Waals surface area contributed by atoms with E-state index < -0.39 is 5.82 Å². The Morgan fingerprint density at radius 3 is 3.00 bits per heavy atom. The molecule has 0 bridgehead atoms. The fourth-order valence-electron chi connectivity index (χ4n) is 1.96. The highest BCUT2D eigenvalue weighted by Gasteiger charge is 2.13. The van der Waals surface area contributed by atoms with Crippen molar-refractivity contribution in [3.05, 3.63) is 35.9 Å². The molecule has 6 heteroatoms. The van der Waals surface area contributed by atoms with Crippen LogP contribution in [0.5, 0.6) is 0 Å². The first-order valence-electron chi connectivity index (χ1n) is 6.24. The molecule has 20 heavy (non-hydrogen) atoms. The zero-order chi connectivity index (χ0) is 14.5. The number of carbonyl (C=O) groups excluding carboxylic acids is 1. The number of nitrogens with zero attached hydrogens (tertiary/aromatic N) is 1. The van der Waals surface area contributed by atoms with Crippen LogP contribution in [0.25, 0.3) is 10.8 Å². The molecule has 0 radical (unpaired) electrons. The second kappa shape index (κ2) is 6.29. The average molecular weight is 277 g/mol. The number of fused-ring (bicyclic) bond motifs is 1. The summed E-state index contributed by atoms with van der Waals surface area (Å²) in [7, 11) is 1.60. The van der Waals surface area contributed by atoms with Crippen LogP contribution in [-0.4, -0.2) is 31.2 Å². The Labute approximate surface area is 115 Å². The lowest BCUT2D eigenvalue weighted by atomic mass is 10.1. The number of aromatic nitrogens is 1. The van der Waals surface area contributed by atoms with Gasteiger partial charge in [0.25, 0.3) is 5.91 Å². The van der Waals surface area contributed by atoms with Gasteiger partial charge >= 0.3 is 0 Å². The van der Waals surface area contributed by atoms with E-state index in [0.717, 1.165) is 0 Å². The number of ether oxygens (including phenoxy) is 1. The average Bonchev–Trinajstić information content (AvgIpc) is 2.42. The van der Waals surface area contributed by atoms with Crippen molar-refractivity contribution >= 4 is 22.4 Å². The van der Waals surface area contributed by atoms with Crippen LogP contribution in [0.15, 0.2) is 24.4 Å². The SMILES string of the molecule is COCCCNC(=O)c1nccc2c(N)cc(F)cc12. The van der Waals surface area contributed by atoms with Crippen LogP contribution >= 0.6 is 0 Å². The van der Waals surface area contributed by atoms with Gasteiger partial charge in [-0.05, 0) is 24.6 Å². The number of rotatable bonds is 5. The Morgan fingerprint density at radius 1 is 1.45 bits per heavy atom. The summed E-state index contributed by atoms with van der Waals surface area (Å²) in [5.41, 5.74) is 6.21. The molecule has 2 rings (SSSR count). The van der Waals surface area contributed by atoms with Crippen molar-refractivity contribution in [3.8, 4) is 0 Å². The molecule has 5 nitrogen and oxygen atoms in total. The Balaban J connectivity index is 2.27. The lowest BCUT2D eigenvalue weighted by molar-refractivity contribution is 0.0945. The monoisotopic (exact) mass is 277 g/mol. The van der Waals surface area contributed by atoms with E-state index in [2.05, 4.69) is 10.3 Å². The van der Waals surface area contributed by atoms with Crippen molar-refractivity contribution in [3.63, 3.8) is 0 Å². The number of hydrogen-bond donors (Lipinski definition) is 2. The molecular weight excluding hydrogens is 261 g/mol.